The van der Waals surface area contributed by atoms with Crippen LogP contribution in [-0.2, 0) is 6.42 Å². The van der Waals surface area contributed by atoms with Crippen molar-refractivity contribution in [2.75, 3.05) is 0 Å². The molecule has 0 saturated heterocycles. The van der Waals surface area contributed by atoms with Gasteiger partial charge in [0.25, 0.3) is 0 Å². The van der Waals surface area contributed by atoms with E-state index < -0.39 is 17.7 Å². The van der Waals surface area contributed by atoms with Crippen LogP contribution in [0.5, 0.6) is 0 Å². The van der Waals surface area contributed by atoms with Gasteiger partial charge >= 0.3 is 0 Å². The Bertz CT molecular complexity index is 466. The van der Waals surface area contributed by atoms with Crippen molar-refractivity contribution in [1.82, 2.24) is 0 Å². The first-order chi connectivity index (χ1) is 7.66. The van der Waals surface area contributed by atoms with Crippen LogP contribution in [0, 0.1) is 11.6 Å². The van der Waals surface area contributed by atoms with Crippen molar-refractivity contribution in [3.05, 3.63) is 59.6 Å². The Hall–Kier alpha value is -1.68. The maximum absolute atomic E-state index is 13.3. The number of halogens is 2. The Morgan fingerprint density at radius 3 is 2.69 bits per heavy atom. The Morgan fingerprint density at radius 2 is 2.06 bits per heavy atom. The summed E-state index contributed by atoms with van der Waals surface area (Å²) in [6.07, 6.45) is 0.602. The standard InChI is InChI=1S/C12H10F2O2/c13-8-3-4-10(11(14)6-8)12(15)7-9-2-1-5-16-9/h1-6,12,15H,7H2. The first-order valence-electron chi connectivity index (χ1n) is 4.82. The van der Waals surface area contributed by atoms with E-state index in [-0.39, 0.29) is 12.0 Å². The first-order valence-corrected chi connectivity index (χ1v) is 4.82. The lowest BCUT2D eigenvalue weighted by Gasteiger charge is -2.10. The molecule has 0 aliphatic carbocycles. The van der Waals surface area contributed by atoms with Crippen LogP contribution in [0.4, 0.5) is 8.78 Å². The van der Waals surface area contributed by atoms with Gasteiger partial charge in [0.15, 0.2) is 0 Å². The zero-order chi connectivity index (χ0) is 11.5. The fourth-order valence-electron chi connectivity index (χ4n) is 1.50. The normalized spacial score (nSPS) is 12.7. The van der Waals surface area contributed by atoms with Gasteiger partial charge in [-0.25, -0.2) is 8.78 Å². The molecule has 2 rings (SSSR count). The average molecular weight is 224 g/mol. The van der Waals surface area contributed by atoms with Gasteiger partial charge in [0, 0.05) is 18.1 Å². The Morgan fingerprint density at radius 1 is 1.25 bits per heavy atom. The van der Waals surface area contributed by atoms with Gasteiger partial charge in [0.05, 0.1) is 12.4 Å². The van der Waals surface area contributed by atoms with Crippen molar-refractivity contribution in [3.8, 4) is 0 Å². The molecule has 0 radical (unpaired) electrons. The first kappa shape index (κ1) is 10.8. The molecular weight excluding hydrogens is 214 g/mol. The second-order valence-corrected chi connectivity index (χ2v) is 3.47. The Labute approximate surface area is 91.1 Å². The molecule has 0 aliphatic heterocycles. The highest BCUT2D eigenvalue weighted by molar-refractivity contribution is 5.22. The number of aliphatic hydroxyl groups excluding tert-OH is 1. The molecule has 16 heavy (non-hydrogen) atoms. The molecule has 0 bridgehead atoms. The lowest BCUT2D eigenvalue weighted by Crippen LogP contribution is -2.04. The quantitative estimate of drug-likeness (QED) is 0.869. The van der Waals surface area contributed by atoms with Gasteiger partial charge in [-0.05, 0) is 18.2 Å². The largest absolute Gasteiger partial charge is 0.469 e. The van der Waals surface area contributed by atoms with E-state index in [1.165, 1.54) is 12.3 Å². The smallest absolute Gasteiger partial charge is 0.131 e. The van der Waals surface area contributed by atoms with Crippen LogP contribution >= 0.6 is 0 Å². The molecule has 0 amide bonds. The minimum Gasteiger partial charge on any atom is -0.469 e. The topological polar surface area (TPSA) is 33.4 Å². The van der Waals surface area contributed by atoms with Crippen LogP contribution in [0.15, 0.2) is 41.0 Å². The molecule has 1 N–H and O–H groups in total. The molecule has 0 saturated carbocycles. The van der Waals surface area contributed by atoms with Gasteiger partial charge in [0.2, 0.25) is 0 Å². The van der Waals surface area contributed by atoms with Gasteiger partial charge in [-0.1, -0.05) is 6.07 Å². The molecule has 1 aromatic heterocycles. The lowest BCUT2D eigenvalue weighted by atomic mass is 10.0. The highest BCUT2D eigenvalue weighted by Crippen LogP contribution is 2.21. The number of hydrogen-bond acceptors (Lipinski definition) is 2. The fourth-order valence-corrected chi connectivity index (χ4v) is 1.50. The predicted octanol–water partition coefficient (Wildman–Crippen LogP) is 2.83. The molecule has 0 aliphatic rings. The lowest BCUT2D eigenvalue weighted by molar-refractivity contribution is 0.165. The SMILES string of the molecule is OC(Cc1ccco1)c1ccc(F)cc1F. The van der Waals surface area contributed by atoms with Crippen LogP contribution in [0.1, 0.15) is 17.4 Å². The van der Waals surface area contributed by atoms with Crippen LogP contribution in [0.2, 0.25) is 0 Å². The summed E-state index contributed by atoms with van der Waals surface area (Å²) in [5.74, 6) is -0.860. The van der Waals surface area contributed by atoms with Crippen molar-refractivity contribution in [2.45, 2.75) is 12.5 Å². The average Bonchev–Trinajstić information content (AvgIpc) is 2.70. The molecule has 84 valence electrons. The molecular formula is C12H10F2O2. The maximum atomic E-state index is 13.3. The number of benzene rings is 1. The molecule has 0 fully saturated rings. The predicted molar refractivity (Wildman–Crippen MR) is 53.7 cm³/mol. The summed E-state index contributed by atoms with van der Waals surface area (Å²) in [5, 5.41) is 9.74. The van der Waals surface area contributed by atoms with Crippen molar-refractivity contribution >= 4 is 0 Å². The molecule has 2 nitrogen and oxygen atoms in total. The van der Waals surface area contributed by atoms with Crippen molar-refractivity contribution in [2.24, 2.45) is 0 Å². The third kappa shape index (κ3) is 2.28. The van der Waals surface area contributed by atoms with E-state index in [0.717, 1.165) is 12.1 Å². The highest BCUT2D eigenvalue weighted by atomic mass is 19.1. The zero-order valence-corrected chi connectivity index (χ0v) is 8.36. The summed E-state index contributed by atoms with van der Waals surface area (Å²) < 4.78 is 31.0. The number of aliphatic hydroxyl groups is 1. The summed E-state index contributed by atoms with van der Waals surface area (Å²) in [4.78, 5) is 0. The van der Waals surface area contributed by atoms with Gasteiger partial charge < -0.3 is 9.52 Å². The molecule has 2 aromatic rings. The Balaban J connectivity index is 2.17. The summed E-state index contributed by atoms with van der Waals surface area (Å²) in [5.41, 5.74) is 0.0674. The zero-order valence-electron chi connectivity index (χ0n) is 8.36. The monoisotopic (exact) mass is 224 g/mol. The van der Waals surface area contributed by atoms with Crippen molar-refractivity contribution in [3.63, 3.8) is 0 Å². The van der Waals surface area contributed by atoms with E-state index in [2.05, 4.69) is 0 Å². The van der Waals surface area contributed by atoms with Crippen molar-refractivity contribution in [1.29, 1.82) is 0 Å². The van der Waals surface area contributed by atoms with Crippen LogP contribution < -0.4 is 0 Å². The van der Waals surface area contributed by atoms with E-state index in [1.54, 1.807) is 12.1 Å². The molecule has 1 unspecified atom stereocenters. The summed E-state index contributed by atoms with van der Waals surface area (Å²) in [7, 11) is 0. The Kier molecular flexibility index (Phi) is 3.01. The van der Waals surface area contributed by atoms with Gasteiger partial charge in [-0.15, -0.1) is 0 Å². The van der Waals surface area contributed by atoms with E-state index in [0.29, 0.717) is 5.76 Å². The van der Waals surface area contributed by atoms with Gasteiger partial charge in [-0.2, -0.15) is 0 Å². The number of hydrogen-bond donors (Lipinski definition) is 1. The highest BCUT2D eigenvalue weighted by Gasteiger charge is 2.15. The minimum absolute atomic E-state index is 0.0674. The molecule has 0 spiro atoms. The fraction of sp³-hybridized carbons (Fsp3) is 0.167. The van der Waals surface area contributed by atoms with Crippen molar-refractivity contribution < 1.29 is 18.3 Å². The molecule has 1 heterocycles. The van der Waals surface area contributed by atoms with E-state index >= 15 is 0 Å². The van der Waals surface area contributed by atoms with Crippen LogP contribution in [-0.4, -0.2) is 5.11 Å². The number of furan rings is 1. The van der Waals surface area contributed by atoms with Crippen LogP contribution in [0.25, 0.3) is 0 Å². The van der Waals surface area contributed by atoms with Gasteiger partial charge in [-0.3, -0.25) is 0 Å². The van der Waals surface area contributed by atoms with E-state index in [1.807, 2.05) is 0 Å². The minimum atomic E-state index is -1.04. The van der Waals surface area contributed by atoms with Gasteiger partial charge in [0.1, 0.15) is 17.4 Å². The maximum Gasteiger partial charge on any atom is 0.131 e. The molecule has 1 aromatic carbocycles. The third-order valence-electron chi connectivity index (χ3n) is 2.30. The summed E-state index contributed by atoms with van der Waals surface area (Å²) >= 11 is 0. The number of rotatable bonds is 3. The molecule has 4 heteroatoms. The van der Waals surface area contributed by atoms with E-state index in [9.17, 15) is 13.9 Å². The molecule has 1 atom stereocenters. The third-order valence-corrected chi connectivity index (χ3v) is 2.30. The second kappa shape index (κ2) is 4.45. The van der Waals surface area contributed by atoms with E-state index in [4.69, 9.17) is 4.42 Å². The van der Waals surface area contributed by atoms with Crippen LogP contribution in [0.3, 0.4) is 0 Å². The summed E-state index contributed by atoms with van der Waals surface area (Å²) in [6, 6.07) is 6.47. The second-order valence-electron chi connectivity index (χ2n) is 3.47. The summed E-state index contributed by atoms with van der Waals surface area (Å²) in [6.45, 7) is 0.